The van der Waals surface area contributed by atoms with E-state index < -0.39 is 10.8 Å². The molecule has 0 unspecified atom stereocenters. The third-order valence-electron chi connectivity index (χ3n) is 4.85. The number of hydrogen-bond acceptors (Lipinski definition) is 7. The summed E-state index contributed by atoms with van der Waals surface area (Å²) in [6.45, 7) is 5.44. The number of benzene rings is 2. The molecule has 1 amide bonds. The molecule has 0 atom stereocenters. The van der Waals surface area contributed by atoms with Crippen LogP contribution in [-0.4, -0.2) is 30.6 Å². The zero-order chi connectivity index (χ0) is 21.4. The van der Waals surface area contributed by atoms with Crippen LogP contribution in [0.1, 0.15) is 34.2 Å². The molecule has 0 fully saturated rings. The molecule has 2 aromatic carbocycles. The lowest BCUT2D eigenvalue weighted by Crippen LogP contribution is -2.15. The van der Waals surface area contributed by atoms with Gasteiger partial charge in [-0.3, -0.25) is 14.9 Å². The van der Waals surface area contributed by atoms with Crippen LogP contribution in [0.25, 0.3) is 15.5 Å². The van der Waals surface area contributed by atoms with E-state index in [0.717, 1.165) is 28.4 Å². The fourth-order valence-corrected chi connectivity index (χ4v) is 4.00. The smallest absolute Gasteiger partial charge is 0.273 e. The summed E-state index contributed by atoms with van der Waals surface area (Å²) in [5.41, 5.74) is 2.83. The van der Waals surface area contributed by atoms with Gasteiger partial charge in [-0.25, -0.2) is 0 Å². The van der Waals surface area contributed by atoms with Gasteiger partial charge in [0.1, 0.15) is 5.01 Å². The summed E-state index contributed by atoms with van der Waals surface area (Å²) in [5, 5.41) is 27.6. The van der Waals surface area contributed by atoms with E-state index >= 15 is 0 Å². The molecule has 0 aliphatic heterocycles. The second kappa shape index (κ2) is 7.64. The zero-order valence-electron chi connectivity index (χ0n) is 16.5. The van der Waals surface area contributed by atoms with Gasteiger partial charge in [0.05, 0.1) is 4.92 Å². The summed E-state index contributed by atoms with van der Waals surface area (Å²) in [6.07, 6.45) is 0.724. The maximum Gasteiger partial charge on any atom is 0.273 e. The number of fused-ring (bicyclic) bond motifs is 1. The highest BCUT2D eigenvalue weighted by Gasteiger charge is 2.19. The molecule has 0 saturated heterocycles. The maximum absolute atomic E-state index is 12.8. The van der Waals surface area contributed by atoms with Gasteiger partial charge in [-0.2, -0.15) is 9.61 Å². The molecule has 9 nitrogen and oxygen atoms in total. The van der Waals surface area contributed by atoms with Crippen LogP contribution in [-0.2, 0) is 6.42 Å². The van der Waals surface area contributed by atoms with Crippen molar-refractivity contribution in [3.05, 3.63) is 69.0 Å². The number of nitro benzene ring substituents is 1. The summed E-state index contributed by atoms with van der Waals surface area (Å²) in [5.74, 6) is 0.386. The van der Waals surface area contributed by atoms with Gasteiger partial charge >= 0.3 is 0 Å². The van der Waals surface area contributed by atoms with Crippen LogP contribution in [0.5, 0.6) is 0 Å². The molecular weight excluding hydrogens is 404 g/mol. The molecule has 152 valence electrons. The van der Waals surface area contributed by atoms with Gasteiger partial charge in [-0.1, -0.05) is 36.5 Å². The topological polar surface area (TPSA) is 115 Å². The highest BCUT2D eigenvalue weighted by atomic mass is 32.1. The Hall–Kier alpha value is -3.66. The zero-order valence-corrected chi connectivity index (χ0v) is 17.4. The van der Waals surface area contributed by atoms with Gasteiger partial charge in [0.2, 0.25) is 4.96 Å². The number of nitro groups is 1. The molecule has 0 radical (unpaired) electrons. The number of carbonyl (C=O) groups is 1. The van der Waals surface area contributed by atoms with E-state index in [9.17, 15) is 14.9 Å². The van der Waals surface area contributed by atoms with E-state index in [2.05, 4.69) is 20.6 Å². The van der Waals surface area contributed by atoms with Crippen molar-refractivity contribution in [1.82, 2.24) is 19.8 Å². The molecule has 4 aromatic rings. The lowest BCUT2D eigenvalue weighted by molar-refractivity contribution is -0.385. The Kier molecular flexibility index (Phi) is 5.00. The third-order valence-corrected chi connectivity index (χ3v) is 5.80. The van der Waals surface area contributed by atoms with Crippen LogP contribution in [0, 0.1) is 24.0 Å². The summed E-state index contributed by atoms with van der Waals surface area (Å²) in [7, 11) is 0. The highest BCUT2D eigenvalue weighted by Crippen LogP contribution is 2.30. The predicted molar refractivity (Wildman–Crippen MR) is 114 cm³/mol. The van der Waals surface area contributed by atoms with Crippen molar-refractivity contribution in [2.24, 2.45) is 0 Å². The Balaban J connectivity index is 1.67. The molecule has 30 heavy (non-hydrogen) atoms. The Morgan fingerprint density at radius 2 is 2.03 bits per heavy atom. The van der Waals surface area contributed by atoms with Crippen LogP contribution < -0.4 is 5.32 Å². The second-order valence-electron chi connectivity index (χ2n) is 6.76. The van der Waals surface area contributed by atoms with E-state index in [4.69, 9.17) is 0 Å². The predicted octanol–water partition coefficient (Wildman–Crippen LogP) is 4.19. The van der Waals surface area contributed by atoms with Gasteiger partial charge < -0.3 is 5.32 Å². The van der Waals surface area contributed by atoms with Gasteiger partial charge in [-0.05, 0) is 31.5 Å². The number of amides is 1. The molecule has 0 spiro atoms. The Labute approximate surface area is 175 Å². The van der Waals surface area contributed by atoms with Crippen LogP contribution in [0.2, 0.25) is 0 Å². The summed E-state index contributed by atoms with van der Waals surface area (Å²) in [6, 6.07) is 10.1. The average molecular weight is 422 g/mol. The SMILES string of the molecule is CCc1nnc2sc(-c3ccc(C)c(NC(=O)c4cccc([N+](=O)[O-])c4C)c3)nn12. The maximum atomic E-state index is 12.8. The van der Waals surface area contributed by atoms with Crippen LogP contribution in [0.15, 0.2) is 36.4 Å². The Morgan fingerprint density at radius 1 is 1.23 bits per heavy atom. The van der Waals surface area contributed by atoms with Crippen LogP contribution in [0.3, 0.4) is 0 Å². The highest BCUT2D eigenvalue weighted by molar-refractivity contribution is 7.19. The van der Waals surface area contributed by atoms with Crippen LogP contribution in [0.4, 0.5) is 11.4 Å². The number of nitrogens with zero attached hydrogens (tertiary/aromatic N) is 5. The molecule has 4 rings (SSSR count). The minimum Gasteiger partial charge on any atom is -0.322 e. The molecule has 0 bridgehead atoms. The minimum atomic E-state index is -0.490. The first-order valence-corrected chi connectivity index (χ1v) is 10.1. The lowest BCUT2D eigenvalue weighted by atomic mass is 10.1. The van der Waals surface area contributed by atoms with Crippen molar-refractivity contribution in [3.8, 4) is 10.6 Å². The molecule has 2 heterocycles. The van der Waals surface area contributed by atoms with Gasteiger partial charge in [0.25, 0.3) is 11.6 Å². The summed E-state index contributed by atoms with van der Waals surface area (Å²) in [4.78, 5) is 24.2. The van der Waals surface area contributed by atoms with E-state index in [1.54, 1.807) is 17.5 Å². The van der Waals surface area contributed by atoms with Gasteiger partial charge in [0.15, 0.2) is 5.82 Å². The quantitative estimate of drug-likeness (QED) is 0.381. The van der Waals surface area contributed by atoms with Crippen molar-refractivity contribution in [2.45, 2.75) is 27.2 Å². The van der Waals surface area contributed by atoms with E-state index in [0.29, 0.717) is 16.2 Å². The van der Waals surface area contributed by atoms with E-state index in [-0.39, 0.29) is 11.3 Å². The molecule has 2 aromatic heterocycles. The molecule has 1 N–H and O–H groups in total. The number of anilines is 1. The number of nitrogens with one attached hydrogen (secondary N) is 1. The fraction of sp³-hybridized carbons (Fsp3) is 0.200. The van der Waals surface area contributed by atoms with Crippen molar-refractivity contribution >= 4 is 33.6 Å². The number of carbonyl (C=O) groups excluding carboxylic acids is 1. The van der Waals surface area contributed by atoms with E-state index in [1.165, 1.54) is 23.5 Å². The molecular formula is C20H18N6O3S. The average Bonchev–Trinajstić information content (AvgIpc) is 3.30. The number of hydrogen-bond donors (Lipinski definition) is 1. The van der Waals surface area contributed by atoms with Crippen molar-refractivity contribution < 1.29 is 9.72 Å². The Morgan fingerprint density at radius 3 is 2.77 bits per heavy atom. The first-order valence-electron chi connectivity index (χ1n) is 9.26. The third kappa shape index (κ3) is 3.41. The van der Waals surface area contributed by atoms with Crippen molar-refractivity contribution in [3.63, 3.8) is 0 Å². The summed E-state index contributed by atoms with van der Waals surface area (Å²) >= 11 is 1.41. The van der Waals surface area contributed by atoms with Gasteiger partial charge in [-0.15, -0.1) is 10.2 Å². The monoisotopic (exact) mass is 422 g/mol. The fourth-order valence-electron chi connectivity index (χ4n) is 3.14. The molecule has 0 aliphatic carbocycles. The largest absolute Gasteiger partial charge is 0.322 e. The van der Waals surface area contributed by atoms with Crippen molar-refractivity contribution in [1.29, 1.82) is 0 Å². The lowest BCUT2D eigenvalue weighted by Gasteiger charge is -2.11. The molecule has 0 aliphatic rings. The molecule has 0 saturated carbocycles. The Bertz CT molecular complexity index is 1290. The van der Waals surface area contributed by atoms with Gasteiger partial charge in [0, 0.05) is 34.9 Å². The van der Waals surface area contributed by atoms with Crippen molar-refractivity contribution in [2.75, 3.05) is 5.32 Å². The molecule has 10 heteroatoms. The minimum absolute atomic E-state index is 0.0837. The number of aromatic nitrogens is 4. The number of aryl methyl sites for hydroxylation is 2. The van der Waals surface area contributed by atoms with Crippen LogP contribution >= 0.6 is 11.3 Å². The standard InChI is InChI=1S/C20H18N6O3S/c1-4-17-22-23-20-25(17)24-19(30-20)13-9-8-11(2)15(10-13)21-18(27)14-6-5-7-16(12(14)3)26(28)29/h5-10H,4H2,1-3H3,(H,21,27). The number of rotatable bonds is 5. The first-order chi connectivity index (χ1) is 14.4. The normalized spacial score (nSPS) is 11.0. The van der Waals surface area contributed by atoms with E-state index in [1.807, 2.05) is 32.0 Å². The first kappa shape index (κ1) is 19.6. The second-order valence-corrected chi connectivity index (χ2v) is 7.72. The summed E-state index contributed by atoms with van der Waals surface area (Å²) < 4.78 is 1.73.